The number of morpholine rings is 1. The van der Waals surface area contributed by atoms with Gasteiger partial charge in [-0.05, 0) is 38.3 Å². The van der Waals surface area contributed by atoms with E-state index < -0.39 is 0 Å². The summed E-state index contributed by atoms with van der Waals surface area (Å²) >= 11 is 0. The first-order chi connectivity index (χ1) is 12.6. The van der Waals surface area contributed by atoms with Crippen LogP contribution in [0.1, 0.15) is 60.3 Å². The number of nitrogens with zero attached hydrogens (tertiary/aromatic N) is 3. The second-order valence-electron chi connectivity index (χ2n) is 7.90. The van der Waals surface area contributed by atoms with E-state index in [1.54, 1.807) is 0 Å². The standard InChI is InChI=1S/C20H29N3O3/c1-13-11-17(22-7-9-26-10-8-22)21-19-14(2)23(20(25)18(13)19)12-15-5-3-4-6-16(15)24/h11,14-16,24H,3-10,12H2,1-2H3/t14?,15-,16+/m0/s1. The Morgan fingerprint density at radius 2 is 2.00 bits per heavy atom. The number of hydrogen-bond donors (Lipinski definition) is 1. The Morgan fingerprint density at radius 3 is 2.73 bits per heavy atom. The van der Waals surface area contributed by atoms with Gasteiger partial charge in [0.05, 0.1) is 36.6 Å². The van der Waals surface area contributed by atoms with Gasteiger partial charge in [-0.1, -0.05) is 12.8 Å². The quantitative estimate of drug-likeness (QED) is 0.897. The minimum atomic E-state index is -0.287. The van der Waals surface area contributed by atoms with Gasteiger partial charge in [-0.15, -0.1) is 0 Å². The van der Waals surface area contributed by atoms with E-state index in [-0.39, 0.29) is 24.0 Å². The lowest BCUT2D eigenvalue weighted by Crippen LogP contribution is -2.38. The fourth-order valence-corrected chi connectivity index (χ4v) is 4.58. The molecule has 0 radical (unpaired) electrons. The Bertz CT molecular complexity index is 687. The third-order valence-corrected chi connectivity index (χ3v) is 6.20. The predicted octanol–water partition coefficient (Wildman–Crippen LogP) is 2.29. The maximum absolute atomic E-state index is 13.1. The summed E-state index contributed by atoms with van der Waals surface area (Å²) in [7, 11) is 0. The van der Waals surface area contributed by atoms with Gasteiger partial charge in [0.25, 0.3) is 5.91 Å². The zero-order valence-electron chi connectivity index (χ0n) is 15.8. The van der Waals surface area contributed by atoms with E-state index >= 15 is 0 Å². The van der Waals surface area contributed by atoms with E-state index in [1.807, 2.05) is 17.9 Å². The zero-order valence-corrected chi connectivity index (χ0v) is 15.8. The summed E-state index contributed by atoms with van der Waals surface area (Å²) in [4.78, 5) is 22.1. The van der Waals surface area contributed by atoms with Gasteiger partial charge in [-0.2, -0.15) is 0 Å². The monoisotopic (exact) mass is 359 g/mol. The molecule has 1 unspecified atom stereocenters. The first-order valence-corrected chi connectivity index (χ1v) is 9.89. The summed E-state index contributed by atoms with van der Waals surface area (Å²) in [6.45, 7) is 7.82. The van der Waals surface area contributed by atoms with Crippen LogP contribution in [0.4, 0.5) is 5.82 Å². The summed E-state index contributed by atoms with van der Waals surface area (Å²) in [6, 6.07) is 2.00. The zero-order chi connectivity index (χ0) is 18.3. The molecule has 0 spiro atoms. The molecule has 1 amide bonds. The van der Waals surface area contributed by atoms with Crippen LogP contribution in [-0.2, 0) is 4.74 Å². The van der Waals surface area contributed by atoms with Crippen molar-refractivity contribution in [1.82, 2.24) is 9.88 Å². The molecule has 3 atom stereocenters. The molecule has 2 aliphatic heterocycles. The van der Waals surface area contributed by atoms with Gasteiger partial charge < -0.3 is 19.6 Å². The van der Waals surface area contributed by atoms with Gasteiger partial charge >= 0.3 is 0 Å². The van der Waals surface area contributed by atoms with Crippen molar-refractivity contribution in [3.05, 3.63) is 22.9 Å². The molecule has 0 aromatic carbocycles. The van der Waals surface area contributed by atoms with Crippen molar-refractivity contribution >= 4 is 11.7 Å². The van der Waals surface area contributed by atoms with Crippen molar-refractivity contribution in [2.24, 2.45) is 5.92 Å². The minimum absolute atomic E-state index is 0.0358. The van der Waals surface area contributed by atoms with Crippen LogP contribution in [0, 0.1) is 12.8 Å². The molecule has 1 saturated carbocycles. The van der Waals surface area contributed by atoms with Crippen LogP contribution in [0.5, 0.6) is 0 Å². The van der Waals surface area contributed by atoms with Gasteiger partial charge in [0.2, 0.25) is 0 Å². The molecular formula is C20H29N3O3. The molecule has 3 heterocycles. The fourth-order valence-electron chi connectivity index (χ4n) is 4.58. The van der Waals surface area contributed by atoms with Crippen LogP contribution in [-0.4, -0.2) is 59.8 Å². The highest BCUT2D eigenvalue weighted by molar-refractivity contribution is 6.00. The van der Waals surface area contributed by atoms with Crippen LogP contribution in [0.25, 0.3) is 0 Å². The Kier molecular flexibility index (Phi) is 4.88. The number of anilines is 1. The van der Waals surface area contributed by atoms with Crippen LogP contribution >= 0.6 is 0 Å². The number of aryl methyl sites for hydroxylation is 1. The molecule has 4 rings (SSSR count). The highest BCUT2D eigenvalue weighted by Gasteiger charge is 2.39. The third kappa shape index (κ3) is 3.09. The number of rotatable bonds is 3. The number of aliphatic hydroxyl groups is 1. The normalized spacial score (nSPS) is 29.2. The number of ether oxygens (including phenoxy) is 1. The largest absolute Gasteiger partial charge is 0.393 e. The summed E-state index contributed by atoms with van der Waals surface area (Å²) in [6.07, 6.45) is 3.80. The molecular weight excluding hydrogens is 330 g/mol. The topological polar surface area (TPSA) is 65.9 Å². The van der Waals surface area contributed by atoms with E-state index in [0.29, 0.717) is 6.54 Å². The SMILES string of the molecule is Cc1cc(N2CCOCC2)nc2c1C(=O)N(C[C@@H]1CCCC[C@H]1O)C2C. The fraction of sp³-hybridized carbons (Fsp3) is 0.700. The number of carbonyl (C=O) groups is 1. The van der Waals surface area contributed by atoms with Crippen molar-refractivity contribution in [2.75, 3.05) is 37.7 Å². The molecule has 142 valence electrons. The lowest BCUT2D eigenvalue weighted by Gasteiger charge is -2.33. The van der Waals surface area contributed by atoms with E-state index in [1.165, 1.54) is 0 Å². The number of aromatic nitrogens is 1. The summed E-state index contributed by atoms with van der Waals surface area (Å²) < 4.78 is 5.44. The second kappa shape index (κ2) is 7.16. The smallest absolute Gasteiger partial charge is 0.256 e. The highest BCUT2D eigenvalue weighted by atomic mass is 16.5. The summed E-state index contributed by atoms with van der Waals surface area (Å²) in [5.41, 5.74) is 2.65. The predicted molar refractivity (Wildman–Crippen MR) is 99.4 cm³/mol. The Hall–Kier alpha value is -1.66. The van der Waals surface area contributed by atoms with Crippen LogP contribution in [0.2, 0.25) is 0 Å². The van der Waals surface area contributed by atoms with Crippen molar-refractivity contribution in [3.8, 4) is 0 Å². The molecule has 2 fully saturated rings. The average Bonchev–Trinajstić information content (AvgIpc) is 2.89. The third-order valence-electron chi connectivity index (χ3n) is 6.20. The Labute approximate surface area is 155 Å². The Morgan fingerprint density at radius 1 is 1.27 bits per heavy atom. The van der Waals surface area contributed by atoms with Crippen molar-refractivity contribution in [3.63, 3.8) is 0 Å². The van der Waals surface area contributed by atoms with E-state index in [0.717, 1.165) is 74.6 Å². The van der Waals surface area contributed by atoms with Crippen molar-refractivity contribution in [1.29, 1.82) is 0 Å². The van der Waals surface area contributed by atoms with Gasteiger partial charge in [-0.25, -0.2) is 4.98 Å². The average molecular weight is 359 g/mol. The molecule has 26 heavy (non-hydrogen) atoms. The first-order valence-electron chi connectivity index (χ1n) is 9.89. The molecule has 6 heteroatoms. The summed E-state index contributed by atoms with van der Waals surface area (Å²) in [5.74, 6) is 1.20. The van der Waals surface area contributed by atoms with Crippen LogP contribution in [0.3, 0.4) is 0 Å². The van der Waals surface area contributed by atoms with Crippen molar-refractivity contribution in [2.45, 2.75) is 51.7 Å². The maximum atomic E-state index is 13.1. The lowest BCUT2D eigenvalue weighted by molar-refractivity contribution is 0.0359. The molecule has 1 saturated heterocycles. The molecule has 0 bridgehead atoms. The number of fused-ring (bicyclic) bond motifs is 1. The number of carbonyl (C=O) groups excluding carboxylic acids is 1. The second-order valence-corrected chi connectivity index (χ2v) is 7.90. The first kappa shape index (κ1) is 17.7. The van der Waals surface area contributed by atoms with Crippen molar-refractivity contribution < 1.29 is 14.6 Å². The number of amides is 1. The molecule has 3 aliphatic rings. The molecule has 1 aromatic heterocycles. The van der Waals surface area contributed by atoms with Gasteiger partial charge in [0.15, 0.2) is 0 Å². The van der Waals surface area contributed by atoms with Gasteiger partial charge in [0, 0.05) is 25.6 Å². The Balaban J connectivity index is 1.59. The number of hydrogen-bond acceptors (Lipinski definition) is 5. The molecule has 6 nitrogen and oxygen atoms in total. The van der Waals surface area contributed by atoms with E-state index in [4.69, 9.17) is 9.72 Å². The van der Waals surface area contributed by atoms with Gasteiger partial charge in [-0.3, -0.25) is 4.79 Å². The summed E-state index contributed by atoms with van der Waals surface area (Å²) in [5, 5.41) is 10.3. The van der Waals surface area contributed by atoms with Gasteiger partial charge in [0.1, 0.15) is 5.82 Å². The highest BCUT2D eigenvalue weighted by Crippen LogP contribution is 2.37. The van der Waals surface area contributed by atoms with Crippen LogP contribution in [0.15, 0.2) is 6.07 Å². The molecule has 1 aromatic rings. The maximum Gasteiger partial charge on any atom is 0.256 e. The number of pyridine rings is 1. The minimum Gasteiger partial charge on any atom is -0.393 e. The van der Waals surface area contributed by atoms with E-state index in [2.05, 4.69) is 11.8 Å². The molecule has 1 aliphatic carbocycles. The molecule has 1 N–H and O–H groups in total. The van der Waals surface area contributed by atoms with E-state index in [9.17, 15) is 9.90 Å². The lowest BCUT2D eigenvalue weighted by atomic mass is 9.86. The number of aliphatic hydroxyl groups excluding tert-OH is 1. The van der Waals surface area contributed by atoms with Crippen LogP contribution < -0.4 is 4.90 Å².